The fraction of sp³-hybridized carbons (Fsp3) is 0.316. The maximum Gasteiger partial charge on any atom is 0.277 e. The van der Waals surface area contributed by atoms with Crippen molar-refractivity contribution in [2.45, 2.75) is 33.9 Å². The molecule has 3 rings (SSSR count). The van der Waals surface area contributed by atoms with Crippen LogP contribution in [0.25, 0.3) is 0 Å². The van der Waals surface area contributed by atoms with Crippen molar-refractivity contribution < 1.29 is 9.53 Å². The standard InChI is InChI=1S/C19H22BrN5O2/c1-5-24-11-16(20)18(23-24)19(26)21-17-12(2)22-25(13(17)3)10-14-7-6-8-15(9-14)27-4/h6-9,11H,5,10H2,1-4H3,(H,21,26). The first-order valence-electron chi connectivity index (χ1n) is 8.64. The molecule has 0 saturated carbocycles. The minimum Gasteiger partial charge on any atom is -0.497 e. The molecule has 8 heteroatoms. The van der Waals surface area contributed by atoms with Gasteiger partial charge in [0.05, 0.1) is 35.2 Å². The molecule has 7 nitrogen and oxygen atoms in total. The van der Waals surface area contributed by atoms with Gasteiger partial charge in [-0.15, -0.1) is 0 Å². The Morgan fingerprint density at radius 1 is 1.30 bits per heavy atom. The number of ether oxygens (including phenoxy) is 1. The van der Waals surface area contributed by atoms with Crippen LogP contribution in [-0.4, -0.2) is 32.6 Å². The number of anilines is 1. The molecule has 0 aliphatic rings. The number of carbonyl (C=O) groups is 1. The molecule has 0 bridgehead atoms. The Balaban J connectivity index is 1.82. The molecule has 0 atom stereocenters. The topological polar surface area (TPSA) is 74.0 Å². The summed E-state index contributed by atoms with van der Waals surface area (Å²) in [4.78, 5) is 12.6. The van der Waals surface area contributed by atoms with Gasteiger partial charge in [0.1, 0.15) is 5.75 Å². The normalized spacial score (nSPS) is 10.9. The van der Waals surface area contributed by atoms with E-state index in [1.807, 2.05) is 49.7 Å². The average Bonchev–Trinajstić information content (AvgIpc) is 3.16. The van der Waals surface area contributed by atoms with Gasteiger partial charge in [-0.05, 0) is 54.4 Å². The summed E-state index contributed by atoms with van der Waals surface area (Å²) in [5, 5.41) is 11.8. The van der Waals surface area contributed by atoms with Crippen molar-refractivity contribution in [3.63, 3.8) is 0 Å². The number of carbonyl (C=O) groups excluding carboxylic acids is 1. The first-order valence-corrected chi connectivity index (χ1v) is 9.43. The monoisotopic (exact) mass is 431 g/mol. The zero-order valence-electron chi connectivity index (χ0n) is 15.8. The molecule has 1 amide bonds. The van der Waals surface area contributed by atoms with E-state index in [-0.39, 0.29) is 5.91 Å². The second-order valence-corrected chi connectivity index (χ2v) is 7.04. The number of aryl methyl sites for hydroxylation is 2. The largest absolute Gasteiger partial charge is 0.497 e. The molecular weight excluding hydrogens is 410 g/mol. The fourth-order valence-electron chi connectivity index (χ4n) is 2.86. The van der Waals surface area contributed by atoms with E-state index in [0.717, 1.165) is 22.7 Å². The van der Waals surface area contributed by atoms with Crippen molar-refractivity contribution >= 4 is 27.5 Å². The Hall–Kier alpha value is -2.61. The van der Waals surface area contributed by atoms with E-state index in [9.17, 15) is 4.79 Å². The van der Waals surface area contributed by atoms with E-state index in [0.29, 0.717) is 28.9 Å². The van der Waals surface area contributed by atoms with Gasteiger partial charge in [-0.3, -0.25) is 14.2 Å². The summed E-state index contributed by atoms with van der Waals surface area (Å²) >= 11 is 3.40. The summed E-state index contributed by atoms with van der Waals surface area (Å²) in [6.45, 7) is 7.08. The number of nitrogens with one attached hydrogen (secondary N) is 1. The lowest BCUT2D eigenvalue weighted by Gasteiger charge is -2.08. The minimum atomic E-state index is -0.263. The molecule has 0 saturated heterocycles. The van der Waals surface area contributed by atoms with Crippen molar-refractivity contribution in [3.8, 4) is 5.75 Å². The van der Waals surface area contributed by atoms with Gasteiger partial charge >= 0.3 is 0 Å². The Morgan fingerprint density at radius 2 is 2.07 bits per heavy atom. The van der Waals surface area contributed by atoms with Crippen LogP contribution >= 0.6 is 15.9 Å². The molecule has 0 unspecified atom stereocenters. The van der Waals surface area contributed by atoms with Crippen LogP contribution in [0.4, 0.5) is 5.69 Å². The van der Waals surface area contributed by atoms with Crippen LogP contribution in [0.2, 0.25) is 0 Å². The van der Waals surface area contributed by atoms with Gasteiger partial charge < -0.3 is 10.1 Å². The highest BCUT2D eigenvalue weighted by molar-refractivity contribution is 9.10. The first-order chi connectivity index (χ1) is 12.9. The number of halogens is 1. The Bertz CT molecular complexity index is 977. The molecule has 0 spiro atoms. The van der Waals surface area contributed by atoms with Gasteiger partial charge in [0.2, 0.25) is 0 Å². The van der Waals surface area contributed by atoms with Crippen LogP contribution < -0.4 is 10.1 Å². The molecule has 27 heavy (non-hydrogen) atoms. The summed E-state index contributed by atoms with van der Waals surface area (Å²) in [6, 6.07) is 7.85. The summed E-state index contributed by atoms with van der Waals surface area (Å²) in [7, 11) is 1.65. The van der Waals surface area contributed by atoms with Crippen LogP contribution in [0.1, 0.15) is 34.4 Å². The van der Waals surface area contributed by atoms with Gasteiger partial charge in [-0.2, -0.15) is 10.2 Å². The molecule has 3 aromatic rings. The molecule has 2 heterocycles. The molecule has 1 aromatic carbocycles. The van der Waals surface area contributed by atoms with E-state index < -0.39 is 0 Å². The highest BCUT2D eigenvalue weighted by atomic mass is 79.9. The minimum absolute atomic E-state index is 0.263. The van der Waals surface area contributed by atoms with Gasteiger partial charge in [0, 0.05) is 12.7 Å². The van der Waals surface area contributed by atoms with Crippen LogP contribution in [0, 0.1) is 13.8 Å². The third-order valence-electron chi connectivity index (χ3n) is 4.34. The maximum absolute atomic E-state index is 12.6. The highest BCUT2D eigenvalue weighted by Gasteiger charge is 2.19. The van der Waals surface area contributed by atoms with Gasteiger partial charge in [-0.25, -0.2) is 0 Å². The summed E-state index contributed by atoms with van der Waals surface area (Å²) in [5.41, 5.74) is 3.78. The molecule has 1 N–H and O–H groups in total. The third kappa shape index (κ3) is 4.05. The van der Waals surface area contributed by atoms with Crippen LogP contribution in [0.3, 0.4) is 0 Å². The SMILES string of the molecule is CCn1cc(Br)c(C(=O)Nc2c(C)nn(Cc3cccc(OC)c3)c2C)n1. The Kier molecular flexibility index (Phi) is 5.65. The zero-order valence-corrected chi connectivity index (χ0v) is 17.4. The lowest BCUT2D eigenvalue weighted by Crippen LogP contribution is -2.15. The number of aromatic nitrogens is 4. The molecule has 142 valence electrons. The second kappa shape index (κ2) is 7.96. The van der Waals surface area contributed by atoms with E-state index in [2.05, 4.69) is 31.4 Å². The van der Waals surface area contributed by atoms with E-state index in [1.54, 1.807) is 18.0 Å². The smallest absolute Gasteiger partial charge is 0.277 e. The van der Waals surface area contributed by atoms with Crippen molar-refractivity contribution in [3.05, 3.63) is 57.6 Å². The predicted octanol–water partition coefficient (Wildman–Crippen LogP) is 3.79. The lowest BCUT2D eigenvalue weighted by atomic mass is 10.2. The number of methoxy groups -OCH3 is 1. The highest BCUT2D eigenvalue weighted by Crippen LogP contribution is 2.23. The van der Waals surface area contributed by atoms with Gasteiger partial charge in [-0.1, -0.05) is 12.1 Å². The third-order valence-corrected chi connectivity index (χ3v) is 4.92. The lowest BCUT2D eigenvalue weighted by molar-refractivity contribution is 0.102. The van der Waals surface area contributed by atoms with E-state index in [4.69, 9.17) is 4.74 Å². The number of amides is 1. The van der Waals surface area contributed by atoms with Crippen LogP contribution in [0.15, 0.2) is 34.9 Å². The van der Waals surface area contributed by atoms with Crippen LogP contribution in [-0.2, 0) is 13.1 Å². The van der Waals surface area contributed by atoms with Crippen LogP contribution in [0.5, 0.6) is 5.75 Å². The molecule has 0 aliphatic heterocycles. The molecule has 2 aromatic heterocycles. The van der Waals surface area contributed by atoms with Gasteiger partial charge in [0.15, 0.2) is 5.69 Å². The summed E-state index contributed by atoms with van der Waals surface area (Å²) < 4.78 is 9.53. The maximum atomic E-state index is 12.6. The number of hydrogen-bond donors (Lipinski definition) is 1. The molecule has 0 fully saturated rings. The predicted molar refractivity (Wildman–Crippen MR) is 107 cm³/mol. The van der Waals surface area contributed by atoms with Crippen molar-refractivity contribution in [2.75, 3.05) is 12.4 Å². The quantitative estimate of drug-likeness (QED) is 0.644. The average molecular weight is 432 g/mol. The molecular formula is C19H22BrN5O2. The number of hydrogen-bond acceptors (Lipinski definition) is 4. The van der Waals surface area contributed by atoms with E-state index >= 15 is 0 Å². The van der Waals surface area contributed by atoms with Crippen molar-refractivity contribution in [1.29, 1.82) is 0 Å². The summed E-state index contributed by atoms with van der Waals surface area (Å²) in [6.07, 6.45) is 1.79. The number of benzene rings is 1. The Labute approximate surface area is 166 Å². The Morgan fingerprint density at radius 3 is 2.74 bits per heavy atom. The van der Waals surface area contributed by atoms with E-state index in [1.165, 1.54) is 0 Å². The van der Waals surface area contributed by atoms with Gasteiger partial charge in [0.25, 0.3) is 5.91 Å². The second-order valence-electron chi connectivity index (χ2n) is 6.19. The molecule has 0 radical (unpaired) electrons. The number of nitrogens with zero attached hydrogens (tertiary/aromatic N) is 4. The van der Waals surface area contributed by atoms with Crippen molar-refractivity contribution in [1.82, 2.24) is 19.6 Å². The first kappa shape index (κ1) is 19.2. The fourth-order valence-corrected chi connectivity index (χ4v) is 3.36. The summed E-state index contributed by atoms with van der Waals surface area (Å²) in [5.74, 6) is 0.542. The van der Waals surface area contributed by atoms with Crippen molar-refractivity contribution in [2.24, 2.45) is 0 Å². The number of rotatable bonds is 6. The molecule has 0 aliphatic carbocycles. The zero-order chi connectivity index (χ0) is 19.6.